The molecule has 466 valence electrons. The van der Waals surface area contributed by atoms with Crippen LogP contribution in [0.1, 0.15) is 219 Å². The first-order valence-electron chi connectivity index (χ1n) is 32.3. The third kappa shape index (κ3) is 64.1. The molecule has 9 nitrogen and oxygen atoms in total. The van der Waals surface area contributed by atoms with Gasteiger partial charge >= 0.3 is 11.9 Å². The zero-order valence-corrected chi connectivity index (χ0v) is 53.0. The van der Waals surface area contributed by atoms with E-state index in [0.717, 1.165) is 141 Å². The van der Waals surface area contributed by atoms with Crippen molar-refractivity contribution in [3.63, 3.8) is 0 Å². The molecule has 0 rings (SSSR count). The number of unbranched alkanes of at least 4 members (excludes halogenated alkanes) is 14. The van der Waals surface area contributed by atoms with Crippen LogP contribution >= 0.6 is 0 Å². The van der Waals surface area contributed by atoms with Gasteiger partial charge in [0.05, 0.1) is 40.3 Å². The van der Waals surface area contributed by atoms with E-state index in [-0.39, 0.29) is 38.6 Å². The minimum Gasteiger partial charge on any atom is -0.545 e. The zero-order valence-electron chi connectivity index (χ0n) is 53.0. The maximum atomic E-state index is 12.9. The molecular weight excluding hydrogens is 1030 g/mol. The third-order valence-electron chi connectivity index (χ3n) is 12.9. The fourth-order valence-electron chi connectivity index (χ4n) is 8.02. The summed E-state index contributed by atoms with van der Waals surface area (Å²) >= 11 is 0. The number of ether oxygens (including phenoxy) is 4. The van der Waals surface area contributed by atoms with E-state index in [1.165, 1.54) is 38.5 Å². The van der Waals surface area contributed by atoms with Gasteiger partial charge in [-0.2, -0.15) is 0 Å². The standard InChI is InChI=1S/C74H117NO8/c1-6-8-10-12-14-16-18-20-22-24-26-28-29-30-31-32-33-34-35-36-37-38-39-40-41-42-43-45-47-49-51-53-55-57-59-61-63-65-72(77)83-70(69-82-74(73(78)79)80-67-66-75(3,4)5)68-81-71(76)64-62-60-58-56-54-52-50-48-46-44-27-25-23-21-19-17-15-13-11-9-7-2/h8,10,14,16,19-22,25-28,30-31,33-34,36-37,39-40,42-43,46-49,53,55,70,74H,6-7,9,11-13,15,17-18,23-24,29,32,35,38,41,44-45,50-52,54,56-69H2,1-5H3/b10-8-,16-14-,21-19-,22-20-,27-25-,28-26-,31-30-,34-33-,37-36-,40-39-,43-42-,48-46-,49-47-,55-53-. The number of hydrogen-bond donors (Lipinski definition) is 0. The van der Waals surface area contributed by atoms with Crippen molar-refractivity contribution in [1.82, 2.24) is 0 Å². The summed E-state index contributed by atoms with van der Waals surface area (Å²) in [5.74, 6) is -2.37. The molecule has 0 bridgehead atoms. The van der Waals surface area contributed by atoms with Gasteiger partial charge in [-0.15, -0.1) is 0 Å². The number of carboxylic acid groups (broad SMARTS) is 1. The van der Waals surface area contributed by atoms with Gasteiger partial charge in [-0.25, -0.2) is 0 Å². The van der Waals surface area contributed by atoms with Crippen LogP contribution in [0, 0.1) is 0 Å². The molecule has 0 radical (unpaired) electrons. The molecule has 0 aromatic heterocycles. The molecule has 0 saturated carbocycles. The van der Waals surface area contributed by atoms with Crippen LogP contribution in [0.5, 0.6) is 0 Å². The first-order chi connectivity index (χ1) is 40.6. The van der Waals surface area contributed by atoms with Crippen molar-refractivity contribution in [3.05, 3.63) is 170 Å². The first kappa shape index (κ1) is 77.7. The van der Waals surface area contributed by atoms with Gasteiger partial charge in [0.1, 0.15) is 13.2 Å². The number of carbonyl (C=O) groups excluding carboxylic acids is 3. The number of quaternary nitrogens is 1. The molecule has 0 amide bonds. The second-order valence-electron chi connectivity index (χ2n) is 22.0. The molecular formula is C74H117NO8. The van der Waals surface area contributed by atoms with E-state index in [9.17, 15) is 19.5 Å². The summed E-state index contributed by atoms with van der Waals surface area (Å²) < 4.78 is 22.7. The molecule has 9 heteroatoms. The smallest absolute Gasteiger partial charge is 0.306 e. The number of carboxylic acids is 1. The SMILES string of the molecule is CC/C=C\C/C=C\C/C=C\C/C=C\C/C=C\C/C=C\C/C=C\C/C=C\C/C=C\C/C=C\C/C=C\CCCCCC(=O)OC(COC(=O)CCCCCCCC/C=C\C/C=C\C/C=C\CCCCCCC)COC(OCC[N+](C)(C)C)C(=O)[O-]. The fraction of sp³-hybridized carbons (Fsp3) is 0.581. The summed E-state index contributed by atoms with van der Waals surface area (Å²) in [5, 5.41) is 11.8. The summed E-state index contributed by atoms with van der Waals surface area (Å²) in [7, 11) is 5.89. The van der Waals surface area contributed by atoms with Gasteiger partial charge in [0.25, 0.3) is 0 Å². The zero-order chi connectivity index (χ0) is 60.5. The van der Waals surface area contributed by atoms with E-state index in [2.05, 4.69) is 184 Å². The summed E-state index contributed by atoms with van der Waals surface area (Å²) in [6.45, 7) is 4.54. The van der Waals surface area contributed by atoms with Crippen molar-refractivity contribution >= 4 is 17.9 Å². The third-order valence-corrected chi connectivity index (χ3v) is 12.9. The lowest BCUT2D eigenvalue weighted by Crippen LogP contribution is -2.44. The van der Waals surface area contributed by atoms with E-state index in [4.69, 9.17) is 18.9 Å². The van der Waals surface area contributed by atoms with Crippen molar-refractivity contribution in [2.75, 3.05) is 47.5 Å². The Bertz CT molecular complexity index is 1960. The molecule has 0 spiro atoms. The molecule has 0 aromatic rings. The number of aliphatic carboxylic acids is 1. The highest BCUT2D eigenvalue weighted by Crippen LogP contribution is 2.13. The van der Waals surface area contributed by atoms with E-state index in [0.29, 0.717) is 23.9 Å². The highest BCUT2D eigenvalue weighted by atomic mass is 16.7. The van der Waals surface area contributed by atoms with Crippen LogP contribution in [-0.2, 0) is 33.3 Å². The quantitative estimate of drug-likeness (QED) is 0.0195. The minimum absolute atomic E-state index is 0.129. The van der Waals surface area contributed by atoms with Crippen LogP contribution in [0.25, 0.3) is 0 Å². The van der Waals surface area contributed by atoms with E-state index < -0.39 is 24.3 Å². The molecule has 2 unspecified atom stereocenters. The van der Waals surface area contributed by atoms with Crippen LogP contribution in [0.2, 0.25) is 0 Å². The number of likely N-dealkylation sites (N-methyl/N-ethyl adjacent to an activating group) is 1. The van der Waals surface area contributed by atoms with E-state index >= 15 is 0 Å². The van der Waals surface area contributed by atoms with Gasteiger partial charge in [0, 0.05) is 12.8 Å². The average Bonchev–Trinajstić information content (AvgIpc) is 3.46. The molecule has 2 atom stereocenters. The molecule has 0 heterocycles. The largest absolute Gasteiger partial charge is 0.545 e. The van der Waals surface area contributed by atoms with E-state index in [1.807, 2.05) is 21.1 Å². The van der Waals surface area contributed by atoms with Crippen molar-refractivity contribution in [2.45, 2.75) is 232 Å². The molecule has 0 aromatic carbocycles. The Balaban J connectivity index is 4.33. The van der Waals surface area contributed by atoms with Crippen LogP contribution in [0.15, 0.2) is 170 Å². The summed E-state index contributed by atoms with van der Waals surface area (Å²) in [6.07, 6.45) is 91.3. The summed E-state index contributed by atoms with van der Waals surface area (Å²) in [6, 6.07) is 0. The van der Waals surface area contributed by atoms with Crippen LogP contribution in [0.4, 0.5) is 0 Å². The van der Waals surface area contributed by atoms with Gasteiger partial charge in [0.15, 0.2) is 12.4 Å². The number of carbonyl (C=O) groups is 3. The topological polar surface area (TPSA) is 111 Å². The average molecular weight is 1150 g/mol. The number of rotatable bonds is 57. The Morgan fingerprint density at radius 2 is 0.687 bits per heavy atom. The minimum atomic E-state index is -1.65. The number of nitrogens with zero attached hydrogens (tertiary/aromatic N) is 1. The van der Waals surface area contributed by atoms with Crippen molar-refractivity contribution in [1.29, 1.82) is 0 Å². The predicted molar refractivity (Wildman–Crippen MR) is 351 cm³/mol. The van der Waals surface area contributed by atoms with Crippen LogP contribution in [0.3, 0.4) is 0 Å². The molecule has 83 heavy (non-hydrogen) atoms. The van der Waals surface area contributed by atoms with Crippen molar-refractivity contribution < 1.29 is 42.9 Å². The molecule has 0 aliphatic heterocycles. The van der Waals surface area contributed by atoms with Crippen LogP contribution in [-0.4, -0.2) is 82.3 Å². The molecule has 0 fully saturated rings. The Kier molecular flexibility index (Phi) is 58.6. The molecule has 0 aliphatic carbocycles. The van der Waals surface area contributed by atoms with Gasteiger partial charge in [-0.05, 0) is 135 Å². The summed E-state index contributed by atoms with van der Waals surface area (Å²) in [5.41, 5.74) is 0. The van der Waals surface area contributed by atoms with E-state index in [1.54, 1.807) is 0 Å². The lowest BCUT2D eigenvalue weighted by atomic mass is 10.1. The van der Waals surface area contributed by atoms with Gasteiger partial charge in [0.2, 0.25) is 0 Å². The number of allylic oxidation sites excluding steroid dienone is 28. The molecule has 0 saturated heterocycles. The number of esters is 2. The Labute approximate surface area is 507 Å². The van der Waals surface area contributed by atoms with Crippen molar-refractivity contribution in [2.24, 2.45) is 0 Å². The highest BCUT2D eigenvalue weighted by Gasteiger charge is 2.22. The predicted octanol–water partition coefficient (Wildman–Crippen LogP) is 18.6. The lowest BCUT2D eigenvalue weighted by molar-refractivity contribution is -0.870. The second-order valence-corrected chi connectivity index (χ2v) is 22.0. The number of hydrogen-bond acceptors (Lipinski definition) is 8. The van der Waals surface area contributed by atoms with Crippen molar-refractivity contribution in [3.8, 4) is 0 Å². The normalized spacial score (nSPS) is 13.9. The molecule has 0 N–H and O–H groups in total. The first-order valence-corrected chi connectivity index (χ1v) is 32.3. The lowest BCUT2D eigenvalue weighted by Gasteiger charge is -2.26. The van der Waals surface area contributed by atoms with Crippen LogP contribution < -0.4 is 5.11 Å². The molecule has 0 aliphatic rings. The Morgan fingerprint density at radius 1 is 0.373 bits per heavy atom. The van der Waals surface area contributed by atoms with Gasteiger partial charge in [-0.1, -0.05) is 242 Å². The summed E-state index contributed by atoms with van der Waals surface area (Å²) in [4.78, 5) is 37.4. The fourth-order valence-corrected chi connectivity index (χ4v) is 8.02. The Morgan fingerprint density at radius 3 is 1.04 bits per heavy atom. The van der Waals surface area contributed by atoms with Gasteiger partial charge in [-0.3, -0.25) is 9.59 Å². The highest BCUT2D eigenvalue weighted by molar-refractivity contribution is 5.70. The second kappa shape index (κ2) is 62.7. The van der Waals surface area contributed by atoms with Gasteiger partial charge < -0.3 is 33.3 Å². The Hall–Kier alpha value is -5.35. The maximum Gasteiger partial charge on any atom is 0.306 e. The maximum absolute atomic E-state index is 12.9. The monoisotopic (exact) mass is 1150 g/mol.